The van der Waals surface area contributed by atoms with Crippen LogP contribution in [0.4, 0.5) is 0 Å². The molecule has 114 valence electrons. The van der Waals surface area contributed by atoms with E-state index in [1.54, 1.807) is 11.6 Å². The van der Waals surface area contributed by atoms with E-state index in [2.05, 4.69) is 21.7 Å². The number of carbonyl (C=O) groups is 1. The van der Waals surface area contributed by atoms with Crippen molar-refractivity contribution in [2.45, 2.75) is 39.1 Å². The summed E-state index contributed by atoms with van der Waals surface area (Å²) in [5.74, 6) is 0.890. The van der Waals surface area contributed by atoms with Gasteiger partial charge in [-0.15, -0.1) is 10.2 Å². The van der Waals surface area contributed by atoms with Crippen molar-refractivity contribution in [2.24, 2.45) is 7.05 Å². The molecule has 0 spiro atoms. The van der Waals surface area contributed by atoms with E-state index in [9.17, 15) is 4.79 Å². The summed E-state index contributed by atoms with van der Waals surface area (Å²) in [5.41, 5.74) is 2.88. The molecule has 2 aromatic heterocycles. The Morgan fingerprint density at radius 3 is 2.62 bits per heavy atom. The number of hydrogen-bond acceptors (Lipinski definition) is 5. The molecule has 1 N–H and O–H groups in total. The standard InChI is InChI=1S/C14H20N4O2S/c1-5-18-9(2)6-11(10(18)3)12(20)8-21-14-16-15-13(7-19)17(14)4/h6,19H,5,7-8H2,1-4H3. The fraction of sp³-hybridized carbons (Fsp3) is 0.500. The Balaban J connectivity index is 2.10. The fourth-order valence-electron chi connectivity index (χ4n) is 2.39. The molecule has 0 atom stereocenters. The molecule has 0 amide bonds. The van der Waals surface area contributed by atoms with E-state index in [-0.39, 0.29) is 12.4 Å². The summed E-state index contributed by atoms with van der Waals surface area (Å²) in [5, 5.41) is 17.6. The molecular weight excluding hydrogens is 288 g/mol. The second kappa shape index (κ2) is 6.44. The Kier molecular flexibility index (Phi) is 4.84. The predicted molar refractivity (Wildman–Crippen MR) is 81.6 cm³/mol. The van der Waals surface area contributed by atoms with E-state index in [1.807, 2.05) is 19.9 Å². The molecule has 0 saturated carbocycles. The first-order chi connectivity index (χ1) is 9.99. The molecule has 0 aliphatic heterocycles. The summed E-state index contributed by atoms with van der Waals surface area (Å²) in [6, 6.07) is 1.94. The summed E-state index contributed by atoms with van der Waals surface area (Å²) in [4.78, 5) is 12.4. The Hall–Kier alpha value is -1.60. The molecule has 0 bridgehead atoms. The first-order valence-corrected chi connectivity index (χ1v) is 7.80. The molecule has 0 radical (unpaired) electrons. The van der Waals surface area contributed by atoms with Gasteiger partial charge in [-0.3, -0.25) is 4.79 Å². The Morgan fingerprint density at radius 1 is 1.38 bits per heavy atom. The van der Waals surface area contributed by atoms with Crippen LogP contribution in [0.3, 0.4) is 0 Å². The zero-order valence-electron chi connectivity index (χ0n) is 12.8. The van der Waals surface area contributed by atoms with Crippen molar-refractivity contribution in [3.63, 3.8) is 0 Å². The smallest absolute Gasteiger partial charge is 0.191 e. The fourth-order valence-corrected chi connectivity index (χ4v) is 3.20. The molecule has 6 nitrogen and oxygen atoms in total. The molecule has 0 aromatic carbocycles. The van der Waals surface area contributed by atoms with Crippen LogP contribution in [0, 0.1) is 13.8 Å². The van der Waals surface area contributed by atoms with Gasteiger partial charge in [-0.2, -0.15) is 0 Å². The number of nitrogens with zero attached hydrogens (tertiary/aromatic N) is 4. The lowest BCUT2D eigenvalue weighted by Gasteiger charge is -2.05. The van der Waals surface area contributed by atoms with Gasteiger partial charge in [-0.25, -0.2) is 0 Å². The van der Waals surface area contributed by atoms with Crippen LogP contribution in [0.25, 0.3) is 0 Å². The molecule has 0 aliphatic rings. The van der Waals surface area contributed by atoms with Crippen LogP contribution in [-0.2, 0) is 20.2 Å². The van der Waals surface area contributed by atoms with E-state index in [0.717, 1.165) is 23.5 Å². The van der Waals surface area contributed by atoms with Crippen LogP contribution in [0.1, 0.15) is 34.5 Å². The number of aliphatic hydroxyl groups is 1. The van der Waals surface area contributed by atoms with Crippen LogP contribution >= 0.6 is 11.8 Å². The van der Waals surface area contributed by atoms with Crippen LogP contribution < -0.4 is 0 Å². The van der Waals surface area contributed by atoms with E-state index in [4.69, 9.17) is 5.11 Å². The third-order valence-electron chi connectivity index (χ3n) is 3.59. The maximum atomic E-state index is 12.4. The molecule has 21 heavy (non-hydrogen) atoms. The number of ketones is 1. The maximum Gasteiger partial charge on any atom is 0.191 e. The Morgan fingerprint density at radius 2 is 2.10 bits per heavy atom. The highest BCUT2D eigenvalue weighted by Gasteiger charge is 2.17. The number of carbonyl (C=O) groups excluding carboxylic acids is 1. The molecule has 0 unspecified atom stereocenters. The van der Waals surface area contributed by atoms with Gasteiger partial charge >= 0.3 is 0 Å². The topological polar surface area (TPSA) is 72.9 Å². The number of aromatic nitrogens is 4. The second-order valence-corrected chi connectivity index (χ2v) is 5.80. The number of rotatable bonds is 6. The minimum Gasteiger partial charge on any atom is -0.388 e. The van der Waals surface area contributed by atoms with Crippen molar-refractivity contribution in [2.75, 3.05) is 5.75 Å². The summed E-state index contributed by atoms with van der Waals surface area (Å²) in [7, 11) is 1.78. The lowest BCUT2D eigenvalue weighted by atomic mass is 10.2. The SMILES string of the molecule is CCn1c(C)cc(C(=O)CSc2nnc(CO)n2C)c1C. The second-order valence-electron chi connectivity index (χ2n) is 4.86. The third-order valence-corrected chi connectivity index (χ3v) is 4.61. The van der Waals surface area contributed by atoms with Crippen LogP contribution in [0.15, 0.2) is 11.2 Å². The van der Waals surface area contributed by atoms with E-state index in [1.165, 1.54) is 11.8 Å². The van der Waals surface area contributed by atoms with Gasteiger partial charge in [0.15, 0.2) is 16.8 Å². The van der Waals surface area contributed by atoms with Gasteiger partial charge in [0.25, 0.3) is 0 Å². The Bertz CT molecular complexity index is 660. The third kappa shape index (κ3) is 3.03. The largest absolute Gasteiger partial charge is 0.388 e. The number of hydrogen-bond donors (Lipinski definition) is 1. The molecular formula is C14H20N4O2S. The summed E-state index contributed by atoms with van der Waals surface area (Å²) < 4.78 is 3.83. The number of aliphatic hydroxyl groups excluding tert-OH is 1. The van der Waals surface area contributed by atoms with Crippen molar-refractivity contribution in [3.8, 4) is 0 Å². The molecule has 0 saturated heterocycles. The minimum absolute atomic E-state index is 0.0846. The van der Waals surface area contributed by atoms with Crippen LogP contribution in [-0.4, -0.2) is 36.0 Å². The number of thioether (sulfide) groups is 1. The van der Waals surface area contributed by atoms with Crippen molar-refractivity contribution in [1.82, 2.24) is 19.3 Å². The normalized spacial score (nSPS) is 11.1. The van der Waals surface area contributed by atoms with Gasteiger partial charge in [0.1, 0.15) is 6.61 Å². The Labute approximate surface area is 128 Å². The summed E-state index contributed by atoms with van der Waals surface area (Å²) in [6.45, 7) is 6.76. The molecule has 0 aliphatic carbocycles. The highest BCUT2D eigenvalue weighted by Crippen LogP contribution is 2.21. The van der Waals surface area contributed by atoms with Gasteiger partial charge < -0.3 is 14.2 Å². The zero-order chi connectivity index (χ0) is 15.6. The van der Waals surface area contributed by atoms with Crippen molar-refractivity contribution < 1.29 is 9.90 Å². The van der Waals surface area contributed by atoms with Gasteiger partial charge in [0, 0.05) is 30.5 Å². The van der Waals surface area contributed by atoms with Gasteiger partial charge in [0.2, 0.25) is 0 Å². The molecule has 2 rings (SSSR count). The highest BCUT2D eigenvalue weighted by atomic mass is 32.2. The summed E-state index contributed by atoms with van der Waals surface area (Å²) >= 11 is 1.34. The number of aryl methyl sites for hydroxylation is 1. The summed E-state index contributed by atoms with van der Waals surface area (Å²) in [6.07, 6.45) is 0. The van der Waals surface area contributed by atoms with Gasteiger partial charge in [0.05, 0.1) is 5.75 Å². The zero-order valence-corrected chi connectivity index (χ0v) is 13.6. The predicted octanol–water partition coefficient (Wildman–Crippen LogP) is 1.72. The first-order valence-electron chi connectivity index (χ1n) is 6.81. The van der Waals surface area contributed by atoms with Crippen molar-refractivity contribution in [3.05, 3.63) is 28.8 Å². The van der Waals surface area contributed by atoms with E-state index in [0.29, 0.717) is 16.7 Å². The molecule has 2 aromatic rings. The van der Waals surface area contributed by atoms with E-state index >= 15 is 0 Å². The first kappa shape index (κ1) is 15.8. The van der Waals surface area contributed by atoms with Crippen molar-refractivity contribution in [1.29, 1.82) is 0 Å². The highest BCUT2D eigenvalue weighted by molar-refractivity contribution is 7.99. The average molecular weight is 308 g/mol. The maximum absolute atomic E-state index is 12.4. The lowest BCUT2D eigenvalue weighted by molar-refractivity contribution is 0.102. The van der Waals surface area contributed by atoms with Crippen molar-refractivity contribution >= 4 is 17.5 Å². The molecule has 0 fully saturated rings. The lowest BCUT2D eigenvalue weighted by Crippen LogP contribution is -2.07. The molecule has 2 heterocycles. The van der Waals surface area contributed by atoms with Crippen LogP contribution in [0.2, 0.25) is 0 Å². The minimum atomic E-state index is -0.157. The van der Waals surface area contributed by atoms with Gasteiger partial charge in [-0.1, -0.05) is 11.8 Å². The average Bonchev–Trinajstić information content (AvgIpc) is 2.96. The monoisotopic (exact) mass is 308 g/mol. The quantitative estimate of drug-likeness (QED) is 0.650. The van der Waals surface area contributed by atoms with E-state index < -0.39 is 0 Å². The number of Topliss-reactive ketones (excluding diaryl/α,β-unsaturated/α-hetero) is 1. The molecule has 7 heteroatoms. The van der Waals surface area contributed by atoms with Gasteiger partial charge in [-0.05, 0) is 26.8 Å². The van der Waals surface area contributed by atoms with Crippen LogP contribution in [0.5, 0.6) is 0 Å².